The van der Waals surface area contributed by atoms with E-state index >= 15 is 0 Å². The molecule has 184 valence electrons. The van der Waals surface area contributed by atoms with Crippen LogP contribution in [-0.4, -0.2) is 6.71 Å². The molecule has 2 aliphatic heterocycles. The molecule has 6 aromatic carbocycles. The highest BCUT2D eigenvalue weighted by atomic mass is 32.3. The van der Waals surface area contributed by atoms with Crippen molar-refractivity contribution < 1.29 is 4.74 Å². The van der Waals surface area contributed by atoms with Crippen LogP contribution in [-0.2, 0) is 0 Å². The van der Waals surface area contributed by atoms with Gasteiger partial charge in [-0.05, 0) is 75.5 Å². The molecule has 0 fully saturated rings. The Hall–Kier alpha value is -4.47. The number of fused-ring (bicyclic) bond motifs is 4. The normalized spacial score (nSPS) is 14.8. The van der Waals surface area contributed by atoms with Crippen molar-refractivity contribution in [1.29, 1.82) is 0 Å². The maximum absolute atomic E-state index is 6.78. The van der Waals surface area contributed by atoms with Gasteiger partial charge < -0.3 is 4.74 Å². The van der Waals surface area contributed by atoms with Crippen molar-refractivity contribution in [2.24, 2.45) is 0 Å². The zero-order chi connectivity index (χ0) is 25.8. The van der Waals surface area contributed by atoms with Gasteiger partial charge in [0.25, 0.3) is 6.71 Å². The maximum atomic E-state index is 6.78. The lowest BCUT2D eigenvalue weighted by Crippen LogP contribution is -2.59. The third-order valence-electron chi connectivity index (χ3n) is 8.05. The van der Waals surface area contributed by atoms with E-state index in [-0.39, 0.29) is 6.71 Å². The van der Waals surface area contributed by atoms with E-state index < -0.39 is 10.0 Å². The highest BCUT2D eigenvalue weighted by Crippen LogP contribution is 2.73. The summed E-state index contributed by atoms with van der Waals surface area (Å²) < 4.78 is 6.78. The number of hydrogen-bond donors (Lipinski definition) is 0. The summed E-state index contributed by atoms with van der Waals surface area (Å²) in [6.07, 6.45) is 0. The summed E-state index contributed by atoms with van der Waals surface area (Å²) in [5, 5.41) is 0. The van der Waals surface area contributed by atoms with Crippen LogP contribution in [0.15, 0.2) is 171 Å². The minimum absolute atomic E-state index is 0.119. The van der Waals surface area contributed by atoms with Gasteiger partial charge in [-0.15, -0.1) is 10.0 Å². The van der Waals surface area contributed by atoms with Crippen molar-refractivity contribution in [3.8, 4) is 22.6 Å². The summed E-state index contributed by atoms with van der Waals surface area (Å²) >= 11 is 0. The first-order valence-corrected chi connectivity index (χ1v) is 15.0. The Morgan fingerprint density at radius 2 is 1.05 bits per heavy atom. The molecule has 2 heterocycles. The molecule has 0 atom stereocenters. The molecule has 0 unspecified atom stereocenters. The zero-order valence-corrected chi connectivity index (χ0v) is 22.1. The van der Waals surface area contributed by atoms with Gasteiger partial charge in [-0.25, -0.2) is 0 Å². The fourth-order valence-electron chi connectivity index (χ4n) is 6.44. The average molecular weight is 516 g/mol. The van der Waals surface area contributed by atoms with E-state index in [1.165, 1.54) is 47.1 Å². The summed E-state index contributed by atoms with van der Waals surface area (Å²) in [5.74, 6) is 1.91. The van der Waals surface area contributed by atoms with Gasteiger partial charge in [0.15, 0.2) is 0 Å². The van der Waals surface area contributed by atoms with Crippen molar-refractivity contribution in [3.63, 3.8) is 0 Å². The van der Waals surface area contributed by atoms with Gasteiger partial charge in [0.1, 0.15) is 11.5 Å². The lowest BCUT2D eigenvalue weighted by molar-refractivity contribution is 0.486. The largest absolute Gasteiger partial charge is 0.458 e. The number of rotatable bonds is 3. The molecule has 2 aliphatic rings. The fourth-order valence-corrected chi connectivity index (χ4v) is 10.8. The molecule has 6 aromatic rings. The Morgan fingerprint density at radius 1 is 0.436 bits per heavy atom. The summed E-state index contributed by atoms with van der Waals surface area (Å²) in [4.78, 5) is 5.48. The van der Waals surface area contributed by atoms with Gasteiger partial charge in [0.05, 0.1) is 0 Å². The number of hydrogen-bond acceptors (Lipinski definition) is 1. The second-order valence-corrected chi connectivity index (χ2v) is 13.1. The topological polar surface area (TPSA) is 9.23 Å². The number of benzene rings is 6. The first-order valence-electron chi connectivity index (χ1n) is 13.4. The third-order valence-corrected chi connectivity index (χ3v) is 12.1. The molecule has 3 heteroatoms. The second kappa shape index (κ2) is 8.79. The van der Waals surface area contributed by atoms with Crippen molar-refractivity contribution in [2.75, 3.05) is 0 Å². The Balaban J connectivity index is 1.45. The quantitative estimate of drug-likeness (QED) is 0.220. The van der Waals surface area contributed by atoms with Gasteiger partial charge in [0, 0.05) is 14.7 Å². The molecule has 0 amide bonds. The Labute approximate surface area is 231 Å². The highest BCUT2D eigenvalue weighted by Gasteiger charge is 2.48. The molecule has 0 aromatic heterocycles. The van der Waals surface area contributed by atoms with E-state index in [9.17, 15) is 0 Å². The van der Waals surface area contributed by atoms with Gasteiger partial charge >= 0.3 is 0 Å². The fraction of sp³-hybridized carbons (Fsp3) is 0. The molecular formula is C36H25BOS. The molecule has 39 heavy (non-hydrogen) atoms. The minimum atomic E-state index is -1.74. The van der Waals surface area contributed by atoms with Crippen molar-refractivity contribution in [2.45, 2.75) is 19.6 Å². The average Bonchev–Trinajstić information content (AvgIpc) is 3.02. The summed E-state index contributed by atoms with van der Waals surface area (Å²) in [7, 11) is -1.74. The van der Waals surface area contributed by atoms with Crippen LogP contribution in [0.5, 0.6) is 11.5 Å². The van der Waals surface area contributed by atoms with Crippen LogP contribution < -0.4 is 21.1 Å². The predicted octanol–water partition coefficient (Wildman–Crippen LogP) is 7.63. The third kappa shape index (κ3) is 3.23. The monoisotopic (exact) mass is 516 g/mol. The minimum Gasteiger partial charge on any atom is -0.458 e. The first-order chi connectivity index (χ1) is 19.4. The van der Waals surface area contributed by atoms with Gasteiger partial charge in [-0.3, -0.25) is 0 Å². The van der Waals surface area contributed by atoms with Gasteiger partial charge in [-0.1, -0.05) is 109 Å². The second-order valence-electron chi connectivity index (χ2n) is 10.1. The highest BCUT2D eigenvalue weighted by molar-refractivity contribution is 8.34. The summed E-state index contributed by atoms with van der Waals surface area (Å²) in [6, 6.07) is 55.2. The van der Waals surface area contributed by atoms with Crippen molar-refractivity contribution in [3.05, 3.63) is 152 Å². The van der Waals surface area contributed by atoms with Gasteiger partial charge in [-0.2, -0.15) is 0 Å². The van der Waals surface area contributed by atoms with E-state index in [0.29, 0.717) is 0 Å². The van der Waals surface area contributed by atoms with Crippen molar-refractivity contribution >= 4 is 33.1 Å². The molecule has 0 aliphatic carbocycles. The van der Waals surface area contributed by atoms with Crippen LogP contribution >= 0.6 is 10.0 Å². The molecule has 0 N–H and O–H groups in total. The molecule has 0 radical (unpaired) electrons. The predicted molar refractivity (Wildman–Crippen MR) is 163 cm³/mol. The number of ether oxygens (including phenoxy) is 1. The summed E-state index contributed by atoms with van der Waals surface area (Å²) in [6.45, 7) is 0.119. The smallest absolute Gasteiger partial charge is 0.253 e. The molecule has 1 nitrogen and oxygen atoms in total. The van der Waals surface area contributed by atoms with Crippen LogP contribution in [0, 0.1) is 0 Å². The standard InChI is InChI=1S/C36H25BOS/c1-4-13-26(14-5-1)27-23-24-30-33(25-27)38-32-20-12-22-35-36(32)37(30)31-19-10-11-21-34(31)39(35,28-15-6-2-7-16-28)29-17-8-3-9-18-29/h1-25H. The lowest BCUT2D eigenvalue weighted by Gasteiger charge is -2.49. The van der Waals surface area contributed by atoms with E-state index in [2.05, 4.69) is 152 Å². The maximum Gasteiger partial charge on any atom is 0.253 e. The van der Waals surface area contributed by atoms with Gasteiger partial charge in [0.2, 0.25) is 0 Å². The summed E-state index contributed by atoms with van der Waals surface area (Å²) in [5.41, 5.74) is 6.28. The van der Waals surface area contributed by atoms with Crippen LogP contribution in [0.3, 0.4) is 0 Å². The molecular weight excluding hydrogens is 491 g/mol. The Bertz CT molecular complexity index is 1790. The van der Waals surface area contributed by atoms with E-state index in [0.717, 1.165) is 11.5 Å². The van der Waals surface area contributed by atoms with Crippen LogP contribution in [0.1, 0.15) is 0 Å². The first kappa shape index (κ1) is 22.5. The molecule has 8 rings (SSSR count). The van der Waals surface area contributed by atoms with E-state index in [1.807, 2.05) is 0 Å². The zero-order valence-electron chi connectivity index (χ0n) is 21.3. The van der Waals surface area contributed by atoms with Crippen molar-refractivity contribution in [1.82, 2.24) is 0 Å². The van der Waals surface area contributed by atoms with Crippen LogP contribution in [0.2, 0.25) is 0 Å². The van der Waals surface area contributed by atoms with Crippen LogP contribution in [0.25, 0.3) is 11.1 Å². The lowest BCUT2D eigenvalue weighted by atomic mass is 9.35. The van der Waals surface area contributed by atoms with Crippen LogP contribution in [0.4, 0.5) is 0 Å². The Morgan fingerprint density at radius 3 is 1.77 bits per heavy atom. The van der Waals surface area contributed by atoms with E-state index in [4.69, 9.17) is 4.74 Å². The molecule has 0 spiro atoms. The molecule has 0 saturated heterocycles. The van der Waals surface area contributed by atoms with E-state index in [1.54, 1.807) is 0 Å². The Kier molecular flexibility index (Phi) is 5.08. The SMILES string of the molecule is c1ccc(-c2ccc3c(c2)Oc2cccc4c2B3c2ccccc2S4(c2ccccc2)c2ccccc2)cc1. The molecule has 0 bridgehead atoms. The molecule has 0 saturated carbocycles.